The van der Waals surface area contributed by atoms with Gasteiger partial charge in [-0.05, 0) is 0 Å². The molecule has 0 N–H and O–H groups in total. The summed E-state index contributed by atoms with van der Waals surface area (Å²) in [5.74, 6) is 0. The van der Waals surface area contributed by atoms with Crippen LogP contribution in [0.1, 0.15) is 0 Å². The van der Waals surface area contributed by atoms with Crippen LogP contribution in [-0.2, 0) is 33.8 Å². The summed E-state index contributed by atoms with van der Waals surface area (Å²) < 4.78 is 0. The van der Waals surface area contributed by atoms with E-state index in [2.05, 4.69) is 0 Å². The summed E-state index contributed by atoms with van der Waals surface area (Å²) in [4.78, 5) is 0. The summed E-state index contributed by atoms with van der Waals surface area (Å²) in [5, 5.41) is 0. The summed E-state index contributed by atoms with van der Waals surface area (Å²) in [6.45, 7) is 0. The van der Waals surface area contributed by atoms with Gasteiger partial charge < -0.3 is 16.4 Å². The van der Waals surface area contributed by atoms with E-state index in [0.29, 0.717) is 0 Å². The molecule has 3 radical (unpaired) electrons. The molecule has 0 aliphatic rings. The first kappa shape index (κ1) is 113. The third-order valence-electron chi connectivity index (χ3n) is 0. The zero-order chi connectivity index (χ0) is 0. The Balaban J connectivity index is 0. The molecule has 29 valence electrons. The van der Waals surface area contributed by atoms with Crippen molar-refractivity contribution in [2.24, 2.45) is 0 Å². The van der Waals surface area contributed by atoms with E-state index < -0.39 is 0 Å². The Hall–Kier alpha value is 1.23. The molecule has 0 aromatic carbocycles. The Morgan fingerprint density at radius 3 is 0.600 bits per heavy atom. The molecule has 5 heteroatoms. The van der Waals surface area contributed by atoms with Crippen molar-refractivity contribution < 1.29 is 33.8 Å². The summed E-state index contributed by atoms with van der Waals surface area (Å²) in [6, 6.07) is 0. The third kappa shape index (κ3) is 36.0. The Kier molecular flexibility index (Phi) is 1390. The van der Waals surface area contributed by atoms with Crippen molar-refractivity contribution in [3.8, 4) is 0 Å². The molecule has 0 fully saturated rings. The molecule has 0 bridgehead atoms. The fourth-order valence-corrected chi connectivity index (χ4v) is 0. The summed E-state index contributed by atoms with van der Waals surface area (Å²) >= 11 is 0. The molecule has 0 aliphatic carbocycles. The average Bonchev–Trinajstić information content (AvgIpc) is 0. The first-order chi connectivity index (χ1) is 0. The van der Waals surface area contributed by atoms with Crippen LogP contribution >= 0.6 is 0 Å². The predicted octanol–water partition coefficient (Wildman–Crippen LogP) is -0.740. The molecule has 0 rings (SSSR count). The topological polar surface area (TPSA) is 85.5 Å². The first-order valence-electron chi connectivity index (χ1n) is 0. The Morgan fingerprint density at radius 1 is 0.600 bits per heavy atom. The first-order valence-corrected chi connectivity index (χ1v) is 0. The van der Waals surface area contributed by atoms with Gasteiger partial charge in [-0.25, -0.2) is 0 Å². The van der Waals surface area contributed by atoms with Gasteiger partial charge in [-0.1, -0.05) is 0 Å². The minimum atomic E-state index is 0. The van der Waals surface area contributed by atoms with Gasteiger partial charge >= 0.3 is 41.8 Å². The molecule has 0 amide bonds. The van der Waals surface area contributed by atoms with Crippen LogP contribution in [0.2, 0.25) is 0 Å². The van der Waals surface area contributed by atoms with Crippen molar-refractivity contribution >= 4 is 24.4 Å². The molecule has 0 saturated heterocycles. The molecule has 0 heterocycles. The minimum Gasteiger partial charge on any atom is -2.00 e. The van der Waals surface area contributed by atoms with Crippen molar-refractivity contribution in [3.05, 3.63) is 0 Å². The summed E-state index contributed by atoms with van der Waals surface area (Å²) in [5.41, 5.74) is 0. The van der Waals surface area contributed by atoms with E-state index in [1.165, 1.54) is 0 Å². The summed E-state index contributed by atoms with van der Waals surface area (Å²) in [6.07, 6.45) is 0. The molecule has 0 aliphatic heterocycles. The van der Waals surface area contributed by atoms with Crippen LogP contribution in [0.15, 0.2) is 0 Å². The normalized spacial score (nSPS) is 0. The van der Waals surface area contributed by atoms with Crippen LogP contribution in [0.25, 0.3) is 0 Å². The molecule has 0 aromatic rings. The molecule has 0 saturated carbocycles. The number of rotatable bonds is 0. The quantitative estimate of drug-likeness (QED) is 0.483. The van der Waals surface area contributed by atoms with Crippen molar-refractivity contribution in [2.75, 3.05) is 0 Å². The van der Waals surface area contributed by atoms with Gasteiger partial charge in [-0.3, -0.25) is 0 Å². The maximum absolute atomic E-state index is 0. The van der Waals surface area contributed by atoms with Crippen molar-refractivity contribution in [1.29, 1.82) is 0 Å². The SMILES string of the molecule is [Cr+3].[O-2].[O-2].[O-2].[Sb+3]. The van der Waals surface area contributed by atoms with Crippen LogP contribution in [0.3, 0.4) is 0 Å². The van der Waals surface area contributed by atoms with Crippen LogP contribution < -0.4 is 0 Å². The van der Waals surface area contributed by atoms with Gasteiger partial charge in [0, 0.05) is 0 Å². The summed E-state index contributed by atoms with van der Waals surface area (Å²) in [7, 11) is 0. The third-order valence-corrected chi connectivity index (χ3v) is 0. The molecule has 3 nitrogen and oxygen atoms in total. The Labute approximate surface area is 58.3 Å². The van der Waals surface area contributed by atoms with Crippen LogP contribution in [0.4, 0.5) is 0 Å². The molecule has 0 atom stereocenters. The molecule has 0 aromatic heterocycles. The molecule has 5 heavy (non-hydrogen) atoms. The smallest absolute Gasteiger partial charge is 2.00 e. The van der Waals surface area contributed by atoms with E-state index in [-0.39, 0.29) is 58.2 Å². The van der Waals surface area contributed by atoms with Crippen molar-refractivity contribution in [1.82, 2.24) is 0 Å². The van der Waals surface area contributed by atoms with Gasteiger partial charge in [0.2, 0.25) is 0 Å². The van der Waals surface area contributed by atoms with E-state index in [0.717, 1.165) is 0 Å². The molecule has 0 unspecified atom stereocenters. The number of hydrogen-bond acceptors (Lipinski definition) is 0. The van der Waals surface area contributed by atoms with Gasteiger partial charge in [0.1, 0.15) is 0 Å². The van der Waals surface area contributed by atoms with Gasteiger partial charge in [0.25, 0.3) is 0 Å². The van der Waals surface area contributed by atoms with Crippen LogP contribution in [0, 0.1) is 0 Å². The van der Waals surface area contributed by atoms with Crippen LogP contribution in [-0.4, -0.2) is 24.4 Å². The Morgan fingerprint density at radius 2 is 0.600 bits per heavy atom. The van der Waals surface area contributed by atoms with Crippen LogP contribution in [0.5, 0.6) is 0 Å². The number of hydrogen-bond donors (Lipinski definition) is 0. The van der Waals surface area contributed by atoms with Gasteiger partial charge in [-0.15, -0.1) is 0 Å². The van der Waals surface area contributed by atoms with E-state index in [9.17, 15) is 0 Å². The second kappa shape index (κ2) is 61.8. The zero-order valence-corrected chi connectivity index (χ0v) is 5.91. The van der Waals surface area contributed by atoms with Crippen molar-refractivity contribution in [2.45, 2.75) is 0 Å². The maximum atomic E-state index is 0. The second-order valence-electron chi connectivity index (χ2n) is 0. The van der Waals surface area contributed by atoms with E-state index in [4.69, 9.17) is 0 Å². The predicted molar refractivity (Wildman–Crippen MR) is 7.81 cm³/mol. The fraction of sp³-hybridized carbons (Fsp3) is 0. The monoisotopic (exact) mass is 221 g/mol. The van der Waals surface area contributed by atoms with Gasteiger partial charge in [-0.2, -0.15) is 0 Å². The van der Waals surface area contributed by atoms with Gasteiger partial charge in [0.15, 0.2) is 0 Å². The van der Waals surface area contributed by atoms with E-state index in [1.807, 2.05) is 0 Å². The second-order valence-corrected chi connectivity index (χ2v) is 0. The molecular formula is CrO3Sb. The van der Waals surface area contributed by atoms with Gasteiger partial charge in [0.05, 0.1) is 0 Å². The minimum absolute atomic E-state index is 0. The largest absolute Gasteiger partial charge is 3.00 e. The zero-order valence-electron chi connectivity index (χ0n) is 2.08. The van der Waals surface area contributed by atoms with Crippen molar-refractivity contribution in [3.63, 3.8) is 0 Å². The Bertz CT molecular complexity index is 6.85. The standard InChI is InChI=1S/Cr.3O.Sb/q+3;3*-2;+3. The molecule has 0 spiro atoms. The maximum Gasteiger partial charge on any atom is 3.00 e. The van der Waals surface area contributed by atoms with E-state index in [1.54, 1.807) is 0 Å². The molecular weight excluding hydrogens is 222 g/mol. The average molecular weight is 222 g/mol. The fourth-order valence-electron chi connectivity index (χ4n) is 0. The van der Waals surface area contributed by atoms with E-state index >= 15 is 0 Å².